The molecule has 2 aromatic heterocycles. The summed E-state index contributed by atoms with van der Waals surface area (Å²) in [6, 6.07) is 4.30. The Labute approximate surface area is 213 Å². The molecule has 1 saturated heterocycles. The number of piperidine rings is 1. The van der Waals surface area contributed by atoms with Crippen LogP contribution in [-0.2, 0) is 17.5 Å². The van der Waals surface area contributed by atoms with E-state index in [9.17, 15) is 36.6 Å². The summed E-state index contributed by atoms with van der Waals surface area (Å²) in [5.41, 5.74) is -2.09. The number of nitrogens with zero attached hydrogens (tertiary/aromatic N) is 5. The van der Waals surface area contributed by atoms with Crippen molar-refractivity contribution in [1.82, 2.24) is 24.2 Å². The second-order valence-electron chi connectivity index (χ2n) is 10.2. The molecule has 0 bridgehead atoms. The Morgan fingerprint density at radius 2 is 1.68 bits per heavy atom. The number of fused-ring (bicyclic) bond motifs is 1. The largest absolute Gasteiger partial charge is 0.416 e. The normalized spacial score (nSPS) is 20.1. The summed E-state index contributed by atoms with van der Waals surface area (Å²) in [5, 5.41) is 15.4. The minimum atomic E-state index is -4.48. The van der Waals surface area contributed by atoms with Gasteiger partial charge in [-0.3, -0.25) is 14.2 Å². The lowest BCUT2D eigenvalue weighted by Gasteiger charge is -2.40. The van der Waals surface area contributed by atoms with Crippen LogP contribution in [0.2, 0.25) is 0 Å². The van der Waals surface area contributed by atoms with Gasteiger partial charge >= 0.3 is 6.18 Å². The molecule has 13 heteroatoms. The molecule has 1 saturated carbocycles. The summed E-state index contributed by atoms with van der Waals surface area (Å²) in [5.74, 6) is -3.31. The van der Waals surface area contributed by atoms with E-state index < -0.39 is 34.7 Å². The fourth-order valence-corrected chi connectivity index (χ4v) is 5.21. The zero-order valence-corrected chi connectivity index (χ0v) is 20.3. The number of rotatable bonds is 4. The highest BCUT2D eigenvalue weighted by molar-refractivity contribution is 5.79. The van der Waals surface area contributed by atoms with Gasteiger partial charge in [0.2, 0.25) is 11.8 Å². The Hall–Kier alpha value is -3.35. The smallest absolute Gasteiger partial charge is 0.388 e. The molecular formula is C25H26F5N5O3. The Morgan fingerprint density at radius 3 is 2.29 bits per heavy atom. The zero-order chi connectivity index (χ0) is 27.3. The standard InChI is InChI=1S/C25H26F5N5O3/c26-24(27)7-5-16(6-8-24)21(36)33-11-9-23(38,10-12-33)14-34-15-31-20-19(22(34)37)13-32-35(20)18-3-1-17(2-4-18)25(28,29)30/h1-4,13,15-16,38H,5-12,14H2. The van der Waals surface area contributed by atoms with E-state index in [2.05, 4.69) is 10.1 Å². The number of carbonyl (C=O) groups excluding carboxylic acids is 1. The second kappa shape index (κ2) is 9.44. The number of likely N-dealkylation sites (tertiary alicyclic amines) is 1. The lowest BCUT2D eigenvalue weighted by atomic mass is 9.84. The second-order valence-corrected chi connectivity index (χ2v) is 10.2. The SMILES string of the molecule is O=C(C1CCC(F)(F)CC1)N1CCC(O)(Cn2cnc3c(cnn3-c3ccc(C(F)(F)F)cc3)c2=O)CC1. The summed E-state index contributed by atoms with van der Waals surface area (Å²) in [4.78, 5) is 31.7. The van der Waals surface area contributed by atoms with E-state index in [1.54, 1.807) is 4.90 Å². The van der Waals surface area contributed by atoms with Crippen LogP contribution in [0.5, 0.6) is 0 Å². The fraction of sp³-hybridized carbons (Fsp3) is 0.520. The van der Waals surface area contributed by atoms with Gasteiger partial charge in [0.15, 0.2) is 5.65 Å². The number of benzene rings is 1. The van der Waals surface area contributed by atoms with Crippen molar-refractivity contribution < 1.29 is 31.9 Å². The van der Waals surface area contributed by atoms with E-state index in [0.717, 1.165) is 12.1 Å². The van der Waals surface area contributed by atoms with Gasteiger partial charge in [-0.2, -0.15) is 18.3 Å². The first-order valence-electron chi connectivity index (χ1n) is 12.4. The first-order valence-corrected chi connectivity index (χ1v) is 12.4. The first kappa shape index (κ1) is 26.3. The molecule has 5 rings (SSSR count). The number of aliphatic hydroxyl groups is 1. The van der Waals surface area contributed by atoms with Crippen molar-refractivity contribution >= 4 is 16.9 Å². The van der Waals surface area contributed by atoms with Gasteiger partial charge in [-0.25, -0.2) is 18.4 Å². The van der Waals surface area contributed by atoms with E-state index in [0.29, 0.717) is 5.69 Å². The van der Waals surface area contributed by atoms with E-state index in [-0.39, 0.29) is 75.1 Å². The molecule has 204 valence electrons. The lowest BCUT2D eigenvalue weighted by molar-refractivity contribution is -0.144. The van der Waals surface area contributed by atoms with Gasteiger partial charge in [0.05, 0.1) is 29.6 Å². The van der Waals surface area contributed by atoms with Gasteiger partial charge in [0.1, 0.15) is 11.7 Å². The number of hydrogen-bond acceptors (Lipinski definition) is 5. The summed E-state index contributed by atoms with van der Waals surface area (Å²) < 4.78 is 68.0. The topological polar surface area (TPSA) is 93.2 Å². The molecule has 1 N–H and O–H groups in total. The summed E-state index contributed by atoms with van der Waals surface area (Å²) in [7, 11) is 0. The molecule has 2 aliphatic rings. The van der Waals surface area contributed by atoms with E-state index >= 15 is 0 Å². The van der Waals surface area contributed by atoms with Crippen LogP contribution in [0.4, 0.5) is 22.0 Å². The molecule has 1 amide bonds. The van der Waals surface area contributed by atoms with Gasteiger partial charge in [-0.1, -0.05) is 0 Å². The van der Waals surface area contributed by atoms with Gasteiger partial charge in [0, 0.05) is 31.8 Å². The van der Waals surface area contributed by atoms with Gasteiger partial charge in [-0.15, -0.1) is 0 Å². The summed E-state index contributed by atoms with van der Waals surface area (Å²) in [6.45, 7) is 0.426. The van der Waals surface area contributed by atoms with Crippen molar-refractivity contribution in [2.45, 2.75) is 62.8 Å². The Bertz CT molecular complexity index is 1380. The Morgan fingerprint density at radius 1 is 1.05 bits per heavy atom. The molecule has 2 fully saturated rings. The molecular weight excluding hydrogens is 513 g/mol. The number of alkyl halides is 5. The van der Waals surface area contributed by atoms with Crippen molar-refractivity contribution in [3.05, 3.63) is 52.7 Å². The van der Waals surface area contributed by atoms with Crippen LogP contribution in [0.15, 0.2) is 41.6 Å². The number of aromatic nitrogens is 4. The summed E-state index contributed by atoms with van der Waals surface area (Å²) >= 11 is 0. The molecule has 3 aromatic rings. The quantitative estimate of drug-likeness (QED) is 0.510. The summed E-state index contributed by atoms with van der Waals surface area (Å²) in [6.07, 6.45) is -1.84. The van der Waals surface area contributed by atoms with Crippen LogP contribution in [0.1, 0.15) is 44.1 Å². The Kier molecular flexibility index (Phi) is 6.52. The Balaban J connectivity index is 1.27. The maximum Gasteiger partial charge on any atom is 0.416 e. The maximum atomic E-state index is 13.4. The van der Waals surface area contributed by atoms with Crippen LogP contribution in [0.3, 0.4) is 0 Å². The third kappa shape index (κ3) is 5.16. The van der Waals surface area contributed by atoms with Crippen LogP contribution < -0.4 is 5.56 Å². The molecule has 0 unspecified atom stereocenters. The molecule has 1 aliphatic carbocycles. The van der Waals surface area contributed by atoms with Crippen molar-refractivity contribution in [2.24, 2.45) is 5.92 Å². The molecule has 1 aliphatic heterocycles. The molecule has 3 heterocycles. The molecule has 0 spiro atoms. The number of halogens is 5. The maximum absolute atomic E-state index is 13.4. The molecule has 0 radical (unpaired) electrons. The van der Waals surface area contributed by atoms with E-state index in [1.165, 1.54) is 33.9 Å². The predicted octanol–water partition coefficient (Wildman–Crippen LogP) is 3.78. The number of hydrogen-bond donors (Lipinski definition) is 1. The molecule has 8 nitrogen and oxygen atoms in total. The molecule has 38 heavy (non-hydrogen) atoms. The minimum absolute atomic E-state index is 0.0715. The number of carbonyl (C=O) groups is 1. The van der Waals surface area contributed by atoms with Crippen molar-refractivity contribution in [1.29, 1.82) is 0 Å². The molecule has 1 aromatic carbocycles. The minimum Gasteiger partial charge on any atom is -0.388 e. The average Bonchev–Trinajstić information content (AvgIpc) is 3.30. The van der Waals surface area contributed by atoms with Gasteiger partial charge < -0.3 is 10.0 Å². The van der Waals surface area contributed by atoms with Crippen molar-refractivity contribution in [3.63, 3.8) is 0 Å². The third-order valence-electron chi connectivity index (χ3n) is 7.53. The highest BCUT2D eigenvalue weighted by Crippen LogP contribution is 2.37. The highest BCUT2D eigenvalue weighted by Gasteiger charge is 2.41. The van der Waals surface area contributed by atoms with Gasteiger partial charge in [0.25, 0.3) is 5.56 Å². The van der Waals surface area contributed by atoms with Gasteiger partial charge in [-0.05, 0) is 49.9 Å². The van der Waals surface area contributed by atoms with Crippen molar-refractivity contribution in [3.8, 4) is 5.69 Å². The van der Waals surface area contributed by atoms with Crippen molar-refractivity contribution in [2.75, 3.05) is 13.1 Å². The first-order chi connectivity index (χ1) is 17.9. The number of amides is 1. The van der Waals surface area contributed by atoms with Crippen LogP contribution in [-0.4, -0.2) is 59.9 Å². The van der Waals surface area contributed by atoms with Crippen LogP contribution in [0.25, 0.3) is 16.7 Å². The zero-order valence-electron chi connectivity index (χ0n) is 20.3. The molecule has 0 atom stereocenters. The highest BCUT2D eigenvalue weighted by atomic mass is 19.4. The predicted molar refractivity (Wildman–Crippen MR) is 126 cm³/mol. The lowest BCUT2D eigenvalue weighted by Crippen LogP contribution is -2.51. The van der Waals surface area contributed by atoms with Crippen LogP contribution in [0, 0.1) is 5.92 Å². The van der Waals surface area contributed by atoms with Crippen LogP contribution >= 0.6 is 0 Å². The third-order valence-corrected chi connectivity index (χ3v) is 7.53. The fourth-order valence-electron chi connectivity index (χ4n) is 5.21. The van der Waals surface area contributed by atoms with E-state index in [4.69, 9.17) is 0 Å². The van der Waals surface area contributed by atoms with E-state index in [1.807, 2.05) is 0 Å². The monoisotopic (exact) mass is 539 g/mol. The average molecular weight is 540 g/mol.